The number of nitro benzene ring substituents is 1. The van der Waals surface area contributed by atoms with E-state index in [9.17, 15) is 23.3 Å². The maximum Gasteiger partial charge on any atom is 0.336 e. The molecule has 0 amide bonds. The van der Waals surface area contributed by atoms with E-state index in [2.05, 4.69) is 14.7 Å². The van der Waals surface area contributed by atoms with Crippen LogP contribution in [-0.4, -0.2) is 13.3 Å². The van der Waals surface area contributed by atoms with Crippen molar-refractivity contribution in [1.82, 2.24) is 0 Å². The minimum Gasteiger partial charge on any atom is -0.423 e. The van der Waals surface area contributed by atoms with Gasteiger partial charge in [-0.1, -0.05) is 11.2 Å². The summed E-state index contributed by atoms with van der Waals surface area (Å²) in [5, 5.41) is 14.6. The number of hydrogen-bond donors (Lipinski definition) is 1. The number of fused-ring (bicyclic) bond motifs is 1. The van der Waals surface area contributed by atoms with Gasteiger partial charge in [0, 0.05) is 28.5 Å². The fourth-order valence-corrected chi connectivity index (χ4v) is 4.08. The molecule has 3 rings (SSSR count). The summed E-state index contributed by atoms with van der Waals surface area (Å²) in [6.45, 7) is 1.35. The molecular weight excluding hydrogens is 402 g/mol. The van der Waals surface area contributed by atoms with Crippen molar-refractivity contribution in [2.45, 2.75) is 18.4 Å². The van der Waals surface area contributed by atoms with Crippen LogP contribution in [0.15, 0.2) is 61.7 Å². The van der Waals surface area contributed by atoms with E-state index in [4.69, 9.17) is 9.95 Å². The van der Waals surface area contributed by atoms with Gasteiger partial charge in [-0.2, -0.15) is 0 Å². The summed E-state index contributed by atoms with van der Waals surface area (Å²) in [5.41, 5.74) is 8.36. The molecule has 29 heavy (non-hydrogen) atoms. The highest BCUT2D eigenvalue weighted by atomic mass is 32.2. The lowest BCUT2D eigenvalue weighted by molar-refractivity contribution is -0.384. The molecule has 0 aliphatic rings. The number of non-ortho nitro benzene ring substituents is 1. The number of anilines is 1. The van der Waals surface area contributed by atoms with Crippen LogP contribution >= 0.6 is 0 Å². The van der Waals surface area contributed by atoms with Gasteiger partial charge in [0.15, 0.2) is 0 Å². The molecule has 0 fully saturated rings. The maximum atomic E-state index is 12.9. The van der Waals surface area contributed by atoms with Crippen LogP contribution in [0.25, 0.3) is 21.4 Å². The number of rotatable bonds is 6. The Kier molecular flexibility index (Phi) is 5.22. The molecule has 3 aromatic rings. The second-order valence-electron chi connectivity index (χ2n) is 6.01. The van der Waals surface area contributed by atoms with Crippen molar-refractivity contribution in [2.75, 3.05) is 4.72 Å². The van der Waals surface area contributed by atoms with Crippen molar-refractivity contribution >= 4 is 32.4 Å². The molecule has 0 saturated heterocycles. The van der Waals surface area contributed by atoms with E-state index in [0.717, 1.165) is 12.1 Å². The van der Waals surface area contributed by atoms with Gasteiger partial charge in [-0.3, -0.25) is 14.8 Å². The summed E-state index contributed by atoms with van der Waals surface area (Å²) in [6.07, 6.45) is 0. The van der Waals surface area contributed by atoms with E-state index in [-0.39, 0.29) is 28.4 Å². The van der Waals surface area contributed by atoms with Gasteiger partial charge >= 0.3 is 5.63 Å². The topological polar surface area (TPSA) is 168 Å². The summed E-state index contributed by atoms with van der Waals surface area (Å²) in [6, 6.07) is 8.89. The number of nitrogens with zero attached hydrogens (tertiary/aromatic N) is 4. The first-order valence-corrected chi connectivity index (χ1v) is 9.55. The quantitative estimate of drug-likeness (QED) is 0.161. The molecule has 0 atom stereocenters. The zero-order chi connectivity index (χ0) is 21.2. The summed E-state index contributed by atoms with van der Waals surface area (Å²) < 4.78 is 33.2. The molecular formula is C17H13N5O6S. The van der Waals surface area contributed by atoms with Gasteiger partial charge in [0.05, 0.1) is 22.1 Å². The molecule has 0 aliphatic heterocycles. The molecule has 0 aliphatic carbocycles. The van der Waals surface area contributed by atoms with E-state index in [1.54, 1.807) is 0 Å². The predicted molar refractivity (Wildman–Crippen MR) is 104 cm³/mol. The van der Waals surface area contributed by atoms with Gasteiger partial charge < -0.3 is 4.42 Å². The third kappa shape index (κ3) is 4.18. The number of hydrogen-bond acceptors (Lipinski definition) is 7. The monoisotopic (exact) mass is 415 g/mol. The average molecular weight is 415 g/mol. The molecule has 1 heterocycles. The van der Waals surface area contributed by atoms with E-state index in [1.807, 2.05) is 0 Å². The van der Waals surface area contributed by atoms with Crippen LogP contribution in [-0.2, 0) is 16.6 Å². The highest BCUT2D eigenvalue weighted by Gasteiger charge is 2.20. The molecule has 1 N–H and O–H groups in total. The molecule has 2 aromatic carbocycles. The van der Waals surface area contributed by atoms with Crippen LogP contribution < -0.4 is 10.3 Å². The Hall–Kier alpha value is -3.89. The zero-order valence-electron chi connectivity index (χ0n) is 14.9. The van der Waals surface area contributed by atoms with Gasteiger partial charge in [-0.05, 0) is 41.8 Å². The van der Waals surface area contributed by atoms with Crippen LogP contribution in [0.4, 0.5) is 11.4 Å². The molecule has 1 aromatic heterocycles. The largest absolute Gasteiger partial charge is 0.423 e. The summed E-state index contributed by atoms with van der Waals surface area (Å²) in [5.74, 6) is 0. The zero-order valence-corrected chi connectivity index (χ0v) is 15.7. The maximum absolute atomic E-state index is 12.9. The standard InChI is InChI=1S/C17H13N5O6S/c1-10-5-15-14(11(9-19-21-18)6-17(23)28-15)8-16(10)29(26,27)20-12-3-2-4-13(7-12)22(24)25/h2-8,20H,9H2,1H3. The fourth-order valence-electron chi connectivity index (χ4n) is 2.78. The number of benzene rings is 2. The summed E-state index contributed by atoms with van der Waals surface area (Å²) >= 11 is 0. The van der Waals surface area contributed by atoms with Gasteiger partial charge in [-0.15, -0.1) is 0 Å². The SMILES string of the molecule is Cc1cc2oc(=O)cc(CN=[N+]=[N-])c2cc1S(=O)(=O)Nc1cccc([N+](=O)[O-])c1. The van der Waals surface area contributed by atoms with Gasteiger partial charge in [0.2, 0.25) is 0 Å². The highest BCUT2D eigenvalue weighted by Crippen LogP contribution is 2.28. The number of azide groups is 1. The van der Waals surface area contributed by atoms with Crippen LogP contribution in [0, 0.1) is 17.0 Å². The molecule has 148 valence electrons. The number of aryl methyl sites for hydroxylation is 1. The fraction of sp³-hybridized carbons (Fsp3) is 0.118. The Morgan fingerprint density at radius 1 is 1.28 bits per heavy atom. The highest BCUT2D eigenvalue weighted by molar-refractivity contribution is 7.92. The summed E-state index contributed by atoms with van der Waals surface area (Å²) in [7, 11) is -4.12. The third-order valence-electron chi connectivity index (χ3n) is 4.03. The third-order valence-corrected chi connectivity index (χ3v) is 5.55. The van der Waals surface area contributed by atoms with E-state index >= 15 is 0 Å². The van der Waals surface area contributed by atoms with Gasteiger partial charge in [0.25, 0.3) is 15.7 Å². The Bertz CT molecular complexity index is 1340. The van der Waals surface area contributed by atoms with E-state index < -0.39 is 20.6 Å². The lowest BCUT2D eigenvalue weighted by atomic mass is 10.1. The number of nitro groups is 1. The van der Waals surface area contributed by atoms with Crippen molar-refractivity contribution in [3.8, 4) is 0 Å². The number of sulfonamides is 1. The smallest absolute Gasteiger partial charge is 0.336 e. The lowest BCUT2D eigenvalue weighted by Crippen LogP contribution is -2.15. The molecule has 0 unspecified atom stereocenters. The Labute approximate surface area is 163 Å². The minimum atomic E-state index is -4.12. The van der Waals surface area contributed by atoms with Crippen LogP contribution in [0.5, 0.6) is 0 Å². The molecule has 0 saturated carbocycles. The van der Waals surface area contributed by atoms with Crippen molar-refractivity contribution in [3.63, 3.8) is 0 Å². The Morgan fingerprint density at radius 2 is 2.03 bits per heavy atom. The Balaban J connectivity index is 2.12. The van der Waals surface area contributed by atoms with Gasteiger partial charge in [-0.25, -0.2) is 13.2 Å². The average Bonchev–Trinajstić information content (AvgIpc) is 2.65. The lowest BCUT2D eigenvalue weighted by Gasteiger charge is -2.12. The Morgan fingerprint density at radius 3 is 2.72 bits per heavy atom. The number of nitrogens with one attached hydrogen (secondary N) is 1. The van der Waals surface area contributed by atoms with E-state index in [1.165, 1.54) is 37.3 Å². The molecule has 0 bridgehead atoms. The van der Waals surface area contributed by atoms with Crippen LogP contribution in [0.2, 0.25) is 0 Å². The summed E-state index contributed by atoms with van der Waals surface area (Å²) in [4.78, 5) is 24.5. The minimum absolute atomic E-state index is 0.0209. The molecule has 11 nitrogen and oxygen atoms in total. The first-order valence-electron chi connectivity index (χ1n) is 8.07. The second-order valence-corrected chi connectivity index (χ2v) is 7.66. The first kappa shape index (κ1) is 19.9. The molecule has 0 spiro atoms. The predicted octanol–water partition coefficient (Wildman–Crippen LogP) is 3.62. The molecule has 0 radical (unpaired) electrons. The van der Waals surface area contributed by atoms with Crippen LogP contribution in [0.3, 0.4) is 0 Å². The second kappa shape index (κ2) is 7.62. The van der Waals surface area contributed by atoms with Crippen LogP contribution in [0.1, 0.15) is 11.1 Å². The normalized spacial score (nSPS) is 11.1. The van der Waals surface area contributed by atoms with Crippen molar-refractivity contribution < 1.29 is 17.8 Å². The van der Waals surface area contributed by atoms with E-state index in [0.29, 0.717) is 16.5 Å². The van der Waals surface area contributed by atoms with Crippen molar-refractivity contribution in [2.24, 2.45) is 5.11 Å². The first-order chi connectivity index (χ1) is 13.7. The van der Waals surface area contributed by atoms with Crippen molar-refractivity contribution in [1.29, 1.82) is 0 Å². The molecule has 12 heteroatoms. The van der Waals surface area contributed by atoms with Crippen molar-refractivity contribution in [3.05, 3.63) is 84.6 Å². The van der Waals surface area contributed by atoms with Gasteiger partial charge in [0.1, 0.15) is 5.58 Å².